The molecule has 0 spiro atoms. The molecular weight excluding hydrogens is 168 g/mol. The van der Waals surface area contributed by atoms with Crippen LogP contribution >= 0.6 is 0 Å². The number of nitrogens with one attached hydrogen (secondary N) is 1. The van der Waals surface area contributed by atoms with Gasteiger partial charge in [0.15, 0.2) is 0 Å². The first-order valence-corrected chi connectivity index (χ1v) is 3.64. The van der Waals surface area contributed by atoms with Crippen molar-refractivity contribution in [3.63, 3.8) is 0 Å². The smallest absolute Gasteiger partial charge is 0.320 e. The highest BCUT2D eigenvalue weighted by molar-refractivity contribution is 5.73. The number of hydrogen-bond donors (Lipinski definition) is 2. The second kappa shape index (κ2) is 4.35. The van der Waals surface area contributed by atoms with Crippen LogP contribution in [0.5, 0.6) is 0 Å². The van der Waals surface area contributed by atoms with Crippen LogP contribution in [0.15, 0.2) is 0 Å². The van der Waals surface area contributed by atoms with Gasteiger partial charge in [-0.05, 0) is 20.4 Å². The van der Waals surface area contributed by atoms with Gasteiger partial charge in [0, 0.05) is 6.42 Å². The third kappa shape index (κ3) is 5.01. The number of halogens is 2. The molecule has 0 rings (SSSR count). The first-order chi connectivity index (χ1) is 5.37. The lowest BCUT2D eigenvalue weighted by atomic mass is 10.1. The van der Waals surface area contributed by atoms with Crippen molar-refractivity contribution in [2.45, 2.75) is 31.7 Å². The fourth-order valence-electron chi connectivity index (χ4n) is 0.789. The molecule has 72 valence electrons. The lowest BCUT2D eigenvalue weighted by Gasteiger charge is -2.14. The van der Waals surface area contributed by atoms with Crippen LogP contribution in [0.25, 0.3) is 0 Å². The van der Waals surface area contributed by atoms with E-state index in [9.17, 15) is 13.6 Å². The van der Waals surface area contributed by atoms with Crippen LogP contribution in [-0.2, 0) is 4.79 Å². The molecule has 0 aromatic rings. The monoisotopic (exact) mass is 181 g/mol. The van der Waals surface area contributed by atoms with E-state index in [0.717, 1.165) is 6.92 Å². The van der Waals surface area contributed by atoms with Gasteiger partial charge in [-0.2, -0.15) is 0 Å². The van der Waals surface area contributed by atoms with Crippen molar-refractivity contribution in [1.29, 1.82) is 0 Å². The molecule has 3 nitrogen and oxygen atoms in total. The van der Waals surface area contributed by atoms with Crippen molar-refractivity contribution in [2.24, 2.45) is 0 Å². The van der Waals surface area contributed by atoms with Crippen molar-refractivity contribution in [2.75, 3.05) is 7.05 Å². The van der Waals surface area contributed by atoms with E-state index in [1.165, 1.54) is 7.05 Å². The summed E-state index contributed by atoms with van der Waals surface area (Å²) < 4.78 is 24.5. The molecule has 2 N–H and O–H groups in total. The van der Waals surface area contributed by atoms with Gasteiger partial charge in [-0.25, -0.2) is 8.78 Å². The second-order valence-electron chi connectivity index (χ2n) is 2.79. The minimum absolute atomic E-state index is 0.0602. The summed E-state index contributed by atoms with van der Waals surface area (Å²) in [5, 5.41) is 10.9. The lowest BCUT2D eigenvalue weighted by Crippen LogP contribution is -2.35. The zero-order valence-corrected chi connectivity index (χ0v) is 7.10. The minimum atomic E-state index is -2.79. The van der Waals surface area contributed by atoms with Crippen molar-refractivity contribution >= 4 is 5.97 Å². The van der Waals surface area contributed by atoms with Crippen LogP contribution in [0.2, 0.25) is 0 Å². The average Bonchev–Trinajstić information content (AvgIpc) is 1.85. The van der Waals surface area contributed by atoms with Gasteiger partial charge >= 0.3 is 5.97 Å². The van der Waals surface area contributed by atoms with E-state index in [2.05, 4.69) is 5.32 Å². The number of likely N-dealkylation sites (N-methyl/N-ethyl adjacent to an activating group) is 1. The van der Waals surface area contributed by atoms with E-state index in [1.807, 2.05) is 0 Å². The molecule has 0 aliphatic carbocycles. The molecule has 0 amide bonds. The Bertz CT molecular complexity index is 156. The van der Waals surface area contributed by atoms with Crippen LogP contribution in [-0.4, -0.2) is 30.1 Å². The second-order valence-corrected chi connectivity index (χ2v) is 2.79. The topological polar surface area (TPSA) is 49.3 Å². The molecule has 5 heteroatoms. The average molecular weight is 181 g/mol. The zero-order chi connectivity index (χ0) is 9.78. The van der Waals surface area contributed by atoms with Crippen LogP contribution in [0.3, 0.4) is 0 Å². The maximum Gasteiger partial charge on any atom is 0.320 e. The van der Waals surface area contributed by atoms with Gasteiger partial charge in [-0.3, -0.25) is 4.79 Å². The Balaban J connectivity index is 3.81. The van der Waals surface area contributed by atoms with Gasteiger partial charge < -0.3 is 10.4 Å². The largest absolute Gasteiger partial charge is 0.480 e. The number of rotatable bonds is 5. The van der Waals surface area contributed by atoms with Crippen LogP contribution in [0.1, 0.15) is 19.8 Å². The summed E-state index contributed by atoms with van der Waals surface area (Å²) in [7, 11) is 1.44. The van der Waals surface area contributed by atoms with Gasteiger partial charge in [0.25, 0.3) is 0 Å². The molecule has 0 bridgehead atoms. The van der Waals surface area contributed by atoms with Crippen LogP contribution in [0, 0.1) is 0 Å². The maximum absolute atomic E-state index is 12.3. The number of carboxylic acid groups (broad SMARTS) is 1. The SMILES string of the molecule is CNC(CCC(C)(F)F)C(=O)O. The molecule has 0 aromatic heterocycles. The molecule has 1 unspecified atom stereocenters. The summed E-state index contributed by atoms with van der Waals surface area (Å²) in [6, 6.07) is -0.879. The molecule has 0 aliphatic rings. The summed E-state index contributed by atoms with van der Waals surface area (Å²) >= 11 is 0. The Morgan fingerprint density at radius 3 is 2.42 bits per heavy atom. The molecule has 0 heterocycles. The molecule has 0 aromatic carbocycles. The zero-order valence-electron chi connectivity index (χ0n) is 7.10. The highest BCUT2D eigenvalue weighted by atomic mass is 19.3. The first kappa shape index (κ1) is 11.3. The fraction of sp³-hybridized carbons (Fsp3) is 0.857. The molecule has 0 saturated carbocycles. The quantitative estimate of drug-likeness (QED) is 0.667. The molecule has 0 fully saturated rings. The van der Waals surface area contributed by atoms with E-state index in [0.29, 0.717) is 0 Å². The Morgan fingerprint density at radius 2 is 2.17 bits per heavy atom. The van der Waals surface area contributed by atoms with Gasteiger partial charge in [-0.15, -0.1) is 0 Å². The summed E-state index contributed by atoms with van der Waals surface area (Å²) in [6.45, 7) is 0.779. The predicted molar refractivity (Wildman–Crippen MR) is 40.3 cm³/mol. The molecule has 0 saturated heterocycles. The van der Waals surface area contributed by atoms with Crippen LogP contribution in [0.4, 0.5) is 8.78 Å². The Morgan fingerprint density at radius 1 is 1.67 bits per heavy atom. The molecule has 0 radical (unpaired) electrons. The Hall–Kier alpha value is -0.710. The van der Waals surface area contributed by atoms with Crippen molar-refractivity contribution < 1.29 is 18.7 Å². The fourth-order valence-corrected chi connectivity index (χ4v) is 0.789. The number of alkyl halides is 2. The Kier molecular flexibility index (Phi) is 4.09. The van der Waals surface area contributed by atoms with Gasteiger partial charge in [0.2, 0.25) is 5.92 Å². The van der Waals surface area contributed by atoms with E-state index >= 15 is 0 Å². The number of aliphatic carboxylic acids is 1. The molecule has 1 atom stereocenters. The number of carboxylic acids is 1. The summed E-state index contributed by atoms with van der Waals surface area (Å²) in [5.41, 5.74) is 0. The number of hydrogen-bond acceptors (Lipinski definition) is 2. The first-order valence-electron chi connectivity index (χ1n) is 3.64. The predicted octanol–water partition coefficient (Wildman–Crippen LogP) is 1.09. The maximum atomic E-state index is 12.3. The van der Waals surface area contributed by atoms with Crippen molar-refractivity contribution in [3.05, 3.63) is 0 Å². The van der Waals surface area contributed by atoms with E-state index < -0.39 is 24.4 Å². The third-order valence-corrected chi connectivity index (χ3v) is 1.52. The van der Waals surface area contributed by atoms with Crippen molar-refractivity contribution in [1.82, 2.24) is 5.32 Å². The third-order valence-electron chi connectivity index (χ3n) is 1.52. The molecule has 0 aliphatic heterocycles. The highest BCUT2D eigenvalue weighted by Crippen LogP contribution is 2.19. The Labute approximate surface area is 69.8 Å². The van der Waals surface area contributed by atoms with E-state index in [-0.39, 0.29) is 6.42 Å². The molecular formula is C7H13F2NO2. The van der Waals surface area contributed by atoms with Crippen molar-refractivity contribution in [3.8, 4) is 0 Å². The van der Waals surface area contributed by atoms with Gasteiger partial charge in [0.1, 0.15) is 6.04 Å². The normalized spacial score (nSPS) is 14.3. The number of carbonyl (C=O) groups is 1. The highest BCUT2D eigenvalue weighted by Gasteiger charge is 2.24. The van der Waals surface area contributed by atoms with E-state index in [1.54, 1.807) is 0 Å². The van der Waals surface area contributed by atoms with Gasteiger partial charge in [-0.1, -0.05) is 0 Å². The summed E-state index contributed by atoms with van der Waals surface area (Å²) in [4.78, 5) is 10.3. The minimum Gasteiger partial charge on any atom is -0.480 e. The lowest BCUT2D eigenvalue weighted by molar-refractivity contribution is -0.139. The van der Waals surface area contributed by atoms with E-state index in [4.69, 9.17) is 5.11 Å². The van der Waals surface area contributed by atoms with Gasteiger partial charge in [0.05, 0.1) is 0 Å². The summed E-state index contributed by atoms with van der Waals surface area (Å²) in [5.74, 6) is -3.88. The molecule has 12 heavy (non-hydrogen) atoms. The van der Waals surface area contributed by atoms with Crippen LogP contribution < -0.4 is 5.32 Å². The standard InChI is InChI=1S/C7H13F2NO2/c1-7(8,9)4-3-5(10-2)6(11)12/h5,10H,3-4H2,1-2H3,(H,11,12). The summed E-state index contributed by atoms with van der Waals surface area (Å²) in [6.07, 6.45) is -0.472.